The van der Waals surface area contributed by atoms with Gasteiger partial charge in [-0.1, -0.05) is 30.3 Å². The average molecular weight is 294 g/mol. The second-order valence-corrected chi connectivity index (χ2v) is 5.65. The third-order valence-corrected chi connectivity index (χ3v) is 3.14. The number of hydrogen-bond donors (Lipinski definition) is 2. The van der Waals surface area contributed by atoms with Crippen molar-refractivity contribution in [1.82, 2.24) is 10.2 Å². The number of urea groups is 1. The number of benzene rings is 1. The van der Waals surface area contributed by atoms with Crippen molar-refractivity contribution in [2.45, 2.75) is 32.5 Å². The molecule has 0 aliphatic carbocycles. The fourth-order valence-corrected chi connectivity index (χ4v) is 2.09. The van der Waals surface area contributed by atoms with Gasteiger partial charge in [0, 0.05) is 20.2 Å². The smallest absolute Gasteiger partial charge is 0.317 e. The third kappa shape index (κ3) is 6.14. The summed E-state index contributed by atoms with van der Waals surface area (Å²) in [7, 11) is 1.62. The topological polar surface area (TPSA) is 61.8 Å². The first-order chi connectivity index (χ1) is 9.87. The molecular weight excluding hydrogens is 268 g/mol. The molecule has 0 aliphatic heterocycles. The number of amides is 2. The summed E-state index contributed by atoms with van der Waals surface area (Å²) in [5.41, 5.74) is 0.110. The van der Waals surface area contributed by atoms with Crippen molar-refractivity contribution >= 4 is 6.03 Å². The van der Waals surface area contributed by atoms with Crippen molar-refractivity contribution < 1.29 is 14.6 Å². The van der Waals surface area contributed by atoms with E-state index in [-0.39, 0.29) is 18.7 Å². The Morgan fingerprint density at radius 1 is 1.38 bits per heavy atom. The van der Waals surface area contributed by atoms with Crippen LogP contribution in [0.5, 0.6) is 0 Å². The monoisotopic (exact) mass is 294 g/mol. The summed E-state index contributed by atoms with van der Waals surface area (Å²) < 4.78 is 5.42. The number of carbonyl (C=O) groups is 1. The number of aliphatic hydroxyl groups is 1. The lowest BCUT2D eigenvalue weighted by atomic mass is 10.1. The summed E-state index contributed by atoms with van der Waals surface area (Å²) >= 11 is 0. The molecule has 1 aromatic carbocycles. The number of methoxy groups -OCH3 is 1. The van der Waals surface area contributed by atoms with Gasteiger partial charge in [0.15, 0.2) is 0 Å². The van der Waals surface area contributed by atoms with Crippen LogP contribution in [0.3, 0.4) is 0 Å². The second-order valence-electron chi connectivity index (χ2n) is 5.65. The van der Waals surface area contributed by atoms with E-state index in [1.54, 1.807) is 25.9 Å². The third-order valence-electron chi connectivity index (χ3n) is 3.14. The minimum absolute atomic E-state index is 0.184. The van der Waals surface area contributed by atoms with Crippen molar-refractivity contribution in [3.63, 3.8) is 0 Å². The van der Waals surface area contributed by atoms with Gasteiger partial charge in [-0.25, -0.2) is 4.79 Å². The molecule has 2 amide bonds. The van der Waals surface area contributed by atoms with E-state index in [0.29, 0.717) is 13.1 Å². The summed E-state index contributed by atoms with van der Waals surface area (Å²) in [6.07, 6.45) is -0.184. The molecule has 1 atom stereocenters. The molecule has 0 aliphatic rings. The normalized spacial score (nSPS) is 12.8. The van der Waals surface area contributed by atoms with E-state index in [2.05, 4.69) is 5.32 Å². The van der Waals surface area contributed by atoms with Gasteiger partial charge in [-0.2, -0.15) is 0 Å². The lowest BCUT2D eigenvalue weighted by Crippen LogP contribution is -2.47. The maximum absolute atomic E-state index is 12.2. The Morgan fingerprint density at radius 2 is 2.00 bits per heavy atom. The fraction of sp³-hybridized carbons (Fsp3) is 0.562. The Morgan fingerprint density at radius 3 is 2.48 bits per heavy atom. The Bertz CT molecular complexity index is 429. The molecule has 0 fully saturated rings. The number of rotatable bonds is 7. The van der Waals surface area contributed by atoms with Crippen molar-refractivity contribution in [3.8, 4) is 0 Å². The molecular formula is C16H26N2O3. The predicted octanol–water partition coefficient (Wildman–Crippen LogP) is 2.18. The number of nitrogens with one attached hydrogen (secondary N) is 1. The number of carbonyl (C=O) groups excluding carboxylic acids is 1. The van der Waals surface area contributed by atoms with Crippen molar-refractivity contribution in [2.75, 3.05) is 26.7 Å². The van der Waals surface area contributed by atoms with Crippen LogP contribution in [0.2, 0.25) is 0 Å². The highest BCUT2D eigenvalue weighted by Crippen LogP contribution is 2.15. The van der Waals surface area contributed by atoms with E-state index >= 15 is 0 Å². The Hall–Kier alpha value is -1.59. The van der Waals surface area contributed by atoms with Gasteiger partial charge in [0.05, 0.1) is 18.2 Å². The van der Waals surface area contributed by atoms with Crippen molar-refractivity contribution in [1.29, 1.82) is 0 Å². The molecule has 0 saturated heterocycles. The number of nitrogens with zero attached hydrogens (tertiary/aromatic N) is 1. The molecule has 21 heavy (non-hydrogen) atoms. The van der Waals surface area contributed by atoms with E-state index in [1.165, 1.54) is 0 Å². The standard InChI is InChI=1S/C16H26N2O3/c1-5-18(12-16(2,3)20)15(19)17-11-14(21-4)13-9-7-6-8-10-13/h6-10,14,20H,5,11-12H2,1-4H3,(H,17,19). The van der Waals surface area contributed by atoms with E-state index < -0.39 is 5.60 Å². The van der Waals surface area contributed by atoms with E-state index in [1.807, 2.05) is 37.3 Å². The Kier molecular flexibility index (Phi) is 6.65. The second kappa shape index (κ2) is 8.00. The minimum Gasteiger partial charge on any atom is -0.389 e. The van der Waals surface area contributed by atoms with Gasteiger partial charge in [0.1, 0.15) is 0 Å². The molecule has 0 aromatic heterocycles. The van der Waals surface area contributed by atoms with E-state index in [9.17, 15) is 9.90 Å². The lowest BCUT2D eigenvalue weighted by molar-refractivity contribution is 0.0466. The zero-order chi connectivity index (χ0) is 15.9. The van der Waals surface area contributed by atoms with Crippen LogP contribution in [0.25, 0.3) is 0 Å². The quantitative estimate of drug-likeness (QED) is 0.810. The van der Waals surface area contributed by atoms with Crippen LogP contribution in [0.15, 0.2) is 30.3 Å². The Balaban J connectivity index is 2.57. The molecule has 0 spiro atoms. The average Bonchev–Trinajstić information content (AvgIpc) is 2.45. The molecule has 5 nitrogen and oxygen atoms in total. The first-order valence-electron chi connectivity index (χ1n) is 7.20. The molecule has 1 rings (SSSR count). The van der Waals surface area contributed by atoms with Gasteiger partial charge < -0.3 is 20.1 Å². The van der Waals surface area contributed by atoms with Gasteiger partial charge in [0.2, 0.25) is 0 Å². The van der Waals surface area contributed by atoms with E-state index in [0.717, 1.165) is 5.56 Å². The molecule has 1 unspecified atom stereocenters. The van der Waals surface area contributed by atoms with Gasteiger partial charge in [0.25, 0.3) is 0 Å². The first kappa shape index (κ1) is 17.5. The fourth-order valence-electron chi connectivity index (χ4n) is 2.09. The summed E-state index contributed by atoms with van der Waals surface area (Å²) in [6, 6.07) is 9.56. The van der Waals surface area contributed by atoms with Crippen LogP contribution in [0, 0.1) is 0 Å². The maximum atomic E-state index is 12.2. The zero-order valence-electron chi connectivity index (χ0n) is 13.3. The molecule has 0 saturated carbocycles. The summed E-state index contributed by atoms with van der Waals surface area (Å²) in [5, 5.41) is 12.7. The summed E-state index contributed by atoms with van der Waals surface area (Å²) in [4.78, 5) is 13.7. The molecule has 2 N–H and O–H groups in total. The van der Waals surface area contributed by atoms with Gasteiger partial charge in [-0.3, -0.25) is 0 Å². The predicted molar refractivity (Wildman–Crippen MR) is 83.1 cm³/mol. The number of likely N-dealkylation sites (N-methyl/N-ethyl adjacent to an activating group) is 1. The maximum Gasteiger partial charge on any atom is 0.317 e. The summed E-state index contributed by atoms with van der Waals surface area (Å²) in [5.74, 6) is 0. The van der Waals surface area contributed by atoms with Crippen LogP contribution >= 0.6 is 0 Å². The zero-order valence-corrected chi connectivity index (χ0v) is 13.3. The first-order valence-corrected chi connectivity index (χ1v) is 7.20. The number of ether oxygens (including phenoxy) is 1. The van der Waals surface area contributed by atoms with E-state index in [4.69, 9.17) is 4.74 Å². The van der Waals surface area contributed by atoms with Crippen molar-refractivity contribution in [3.05, 3.63) is 35.9 Å². The highest BCUT2D eigenvalue weighted by atomic mass is 16.5. The molecule has 118 valence electrons. The van der Waals surface area contributed by atoms with Gasteiger partial charge in [-0.15, -0.1) is 0 Å². The highest BCUT2D eigenvalue weighted by Gasteiger charge is 2.22. The van der Waals surface area contributed by atoms with Gasteiger partial charge in [-0.05, 0) is 26.3 Å². The van der Waals surface area contributed by atoms with Gasteiger partial charge >= 0.3 is 6.03 Å². The lowest BCUT2D eigenvalue weighted by Gasteiger charge is -2.29. The van der Waals surface area contributed by atoms with Crippen molar-refractivity contribution in [2.24, 2.45) is 0 Å². The largest absolute Gasteiger partial charge is 0.389 e. The van der Waals surface area contributed by atoms with Crippen LogP contribution in [-0.2, 0) is 4.74 Å². The molecule has 0 bridgehead atoms. The molecule has 0 radical (unpaired) electrons. The molecule has 1 aromatic rings. The SMILES string of the molecule is CCN(CC(C)(C)O)C(=O)NCC(OC)c1ccccc1. The molecule has 5 heteroatoms. The van der Waals surface area contributed by atoms with Crippen LogP contribution < -0.4 is 5.32 Å². The van der Waals surface area contributed by atoms with Crippen LogP contribution in [0.4, 0.5) is 4.79 Å². The minimum atomic E-state index is -0.909. The Labute approximate surface area is 126 Å². The number of hydrogen-bond acceptors (Lipinski definition) is 3. The van der Waals surface area contributed by atoms with Crippen LogP contribution in [-0.4, -0.2) is 48.4 Å². The summed E-state index contributed by atoms with van der Waals surface area (Å²) in [6.45, 7) is 6.48. The van der Waals surface area contributed by atoms with Crippen LogP contribution in [0.1, 0.15) is 32.4 Å². The molecule has 0 heterocycles. The highest BCUT2D eigenvalue weighted by molar-refractivity contribution is 5.74.